The lowest BCUT2D eigenvalue weighted by molar-refractivity contribution is -0.309. The number of carbonyl (C=O) groups is 1. The fourth-order valence-electron chi connectivity index (χ4n) is 11.0. The van der Waals surface area contributed by atoms with Crippen LogP contribution < -0.4 is 0 Å². The predicted octanol–water partition coefficient (Wildman–Crippen LogP) is 6.50. The highest BCUT2D eigenvalue weighted by atomic mass is 32.2. The summed E-state index contributed by atoms with van der Waals surface area (Å²) in [5.74, 6) is -1.97. The zero-order valence-corrected chi connectivity index (χ0v) is 41.7. The number of ether oxygens (including phenoxy) is 10. The van der Waals surface area contributed by atoms with Gasteiger partial charge in [-0.2, -0.15) is 11.8 Å². The van der Waals surface area contributed by atoms with Gasteiger partial charge < -0.3 is 62.7 Å². The van der Waals surface area contributed by atoms with Crippen LogP contribution in [0.4, 0.5) is 0 Å². The first-order chi connectivity index (χ1) is 31.4. The number of methoxy groups -OCH3 is 2. The predicted molar refractivity (Wildman–Crippen MR) is 249 cm³/mol. The minimum Gasteiger partial charge on any atom is -0.462 e. The second-order valence-corrected chi connectivity index (χ2v) is 21.3. The molecule has 15 heteroatoms. The van der Waals surface area contributed by atoms with Crippen LogP contribution in [0, 0.1) is 23.7 Å². The molecule has 2 unspecified atom stereocenters. The fourth-order valence-corrected chi connectivity index (χ4v) is 12.3. The molecule has 1 spiro atoms. The van der Waals surface area contributed by atoms with Crippen molar-refractivity contribution in [2.75, 3.05) is 26.6 Å². The van der Waals surface area contributed by atoms with E-state index in [0.29, 0.717) is 49.0 Å². The van der Waals surface area contributed by atoms with Crippen LogP contribution in [0.15, 0.2) is 59.3 Å². The van der Waals surface area contributed by atoms with Crippen molar-refractivity contribution in [3.05, 3.63) is 59.3 Å². The second-order valence-electron chi connectivity index (χ2n) is 20.1. The van der Waals surface area contributed by atoms with Gasteiger partial charge in [-0.1, -0.05) is 70.6 Å². The molecule has 6 heterocycles. The SMILES string of the molecule is CCC(C)[C@H]1O[C@]2(C=C[C@@H]1C)C[C@@H]1C[C@@H](C/C=C(\C)[C@@H](O[C@H]3C[C@H](OC)[C@@H](O[C@H]4C[C@H](OC)[C@@H](SCC(C)O)[C@H](C)O4)[C@H](C)O3)[C@@H](C)/C=C/C=C3\CO[C@@H]4[C@H](O)C(C)=C[C@@H](C(=O)O1)[C@]34O)O2. The molecule has 0 saturated carbocycles. The van der Waals surface area contributed by atoms with Crippen LogP contribution in [-0.4, -0.2) is 150 Å². The lowest BCUT2D eigenvalue weighted by Gasteiger charge is -2.48. The first-order valence-corrected chi connectivity index (χ1v) is 25.4. The molecule has 0 aromatic carbocycles. The topological polar surface area (TPSA) is 170 Å². The summed E-state index contributed by atoms with van der Waals surface area (Å²) in [6.45, 7) is 18.2. The van der Waals surface area contributed by atoms with Gasteiger partial charge in [0.2, 0.25) is 0 Å². The standard InChI is InChI=1S/C51H78O14S/c1-12-27(2)45-30(5)18-19-50(65-45)24-37-21-36(64-50)17-16-29(4)44(28(3)14-13-15-35-25-58-48-43(53)31(6)20-38(49(54)61-37)51(35,48)55)62-41-22-39(56-10)46(33(8)59-41)63-42-23-40(57-11)47(34(9)60-42)66-26-32(7)52/h13-16,18-20,27-28,30,32-34,36-48,52-53,55H,12,17,21-26H2,1-11H3/b14-13+,29-16+,35-15+/t27?,28-,30-,32?,33-,34-,36+,37-,38-,39-,40-,41-,42-,43+,44-,45+,46-,47-,48+,50+,51+/m0/s1. The van der Waals surface area contributed by atoms with Crippen molar-refractivity contribution in [3.63, 3.8) is 0 Å². The van der Waals surface area contributed by atoms with Gasteiger partial charge in [0.1, 0.15) is 35.9 Å². The molecule has 0 radical (unpaired) electrons. The van der Waals surface area contributed by atoms with Crippen molar-refractivity contribution in [3.8, 4) is 0 Å². The van der Waals surface area contributed by atoms with Crippen LogP contribution in [0.25, 0.3) is 0 Å². The average molecular weight is 947 g/mol. The number of fused-ring (bicyclic) bond motifs is 2. The molecule has 4 saturated heterocycles. The molecule has 4 fully saturated rings. The van der Waals surface area contributed by atoms with E-state index in [9.17, 15) is 20.1 Å². The summed E-state index contributed by atoms with van der Waals surface area (Å²) in [7, 11) is 3.38. The lowest BCUT2D eigenvalue weighted by Crippen LogP contribution is -2.58. The molecule has 3 N–H and O–H groups in total. The highest BCUT2D eigenvalue weighted by Crippen LogP contribution is 2.47. The molecule has 1 aliphatic carbocycles. The van der Waals surface area contributed by atoms with E-state index in [1.807, 2.05) is 32.1 Å². The Bertz CT molecular complexity index is 1820. The van der Waals surface area contributed by atoms with Crippen LogP contribution in [-0.2, 0) is 52.2 Å². The Morgan fingerprint density at radius 2 is 1.62 bits per heavy atom. The smallest absolute Gasteiger partial charge is 0.316 e. The van der Waals surface area contributed by atoms with Crippen LogP contribution in [0.5, 0.6) is 0 Å². The molecule has 7 aliphatic rings. The minimum atomic E-state index is -1.84. The van der Waals surface area contributed by atoms with E-state index in [1.54, 1.807) is 52.0 Å². The molecule has 66 heavy (non-hydrogen) atoms. The monoisotopic (exact) mass is 947 g/mol. The number of esters is 1. The van der Waals surface area contributed by atoms with Crippen LogP contribution in [0.1, 0.15) is 101 Å². The Kier molecular flexibility index (Phi) is 17.3. The summed E-state index contributed by atoms with van der Waals surface area (Å²) in [4.78, 5) is 14.4. The Labute approximate surface area is 396 Å². The number of allylic oxidation sites excluding steroid dienone is 2. The number of aliphatic hydroxyl groups excluding tert-OH is 2. The molecular weight excluding hydrogens is 869 g/mol. The first-order valence-electron chi connectivity index (χ1n) is 24.4. The van der Waals surface area contributed by atoms with Gasteiger partial charge in [-0.15, -0.1) is 0 Å². The maximum atomic E-state index is 14.4. The molecule has 14 nitrogen and oxygen atoms in total. The quantitative estimate of drug-likeness (QED) is 0.152. The second kappa shape index (κ2) is 22.0. The van der Waals surface area contributed by atoms with Crippen molar-refractivity contribution in [2.24, 2.45) is 23.7 Å². The Morgan fingerprint density at radius 3 is 2.33 bits per heavy atom. The van der Waals surface area contributed by atoms with E-state index in [1.165, 1.54) is 0 Å². The third-order valence-electron chi connectivity index (χ3n) is 15.0. The van der Waals surface area contributed by atoms with E-state index < -0.39 is 78.6 Å². The van der Waals surface area contributed by atoms with Gasteiger partial charge in [0.25, 0.3) is 0 Å². The van der Waals surface area contributed by atoms with E-state index in [0.717, 1.165) is 12.0 Å². The highest BCUT2D eigenvalue weighted by Gasteiger charge is 2.60. The molecule has 21 atom stereocenters. The molecular formula is C51H78O14S. The third kappa shape index (κ3) is 11.1. The first kappa shape index (κ1) is 51.9. The normalized spacial score (nSPS) is 47.4. The van der Waals surface area contributed by atoms with Gasteiger partial charge in [0.05, 0.1) is 60.7 Å². The number of hydrogen-bond acceptors (Lipinski definition) is 15. The Balaban J connectivity index is 1.15. The van der Waals surface area contributed by atoms with Crippen LogP contribution >= 0.6 is 11.8 Å². The number of hydrogen-bond donors (Lipinski definition) is 3. The molecule has 0 aromatic rings. The number of thioether (sulfide) groups is 1. The van der Waals surface area contributed by atoms with Crippen molar-refractivity contribution in [2.45, 2.75) is 203 Å². The molecule has 6 aliphatic heterocycles. The maximum Gasteiger partial charge on any atom is 0.316 e. The third-order valence-corrected chi connectivity index (χ3v) is 16.7. The van der Waals surface area contributed by atoms with E-state index in [2.05, 4.69) is 46.8 Å². The molecule has 372 valence electrons. The molecule has 2 bridgehead atoms. The Morgan fingerprint density at radius 1 is 0.909 bits per heavy atom. The molecule has 0 amide bonds. The maximum absolute atomic E-state index is 14.4. The van der Waals surface area contributed by atoms with Crippen LogP contribution in [0.2, 0.25) is 0 Å². The van der Waals surface area contributed by atoms with Crippen molar-refractivity contribution in [1.82, 2.24) is 0 Å². The zero-order chi connectivity index (χ0) is 47.7. The number of carbonyl (C=O) groups excluding carboxylic acids is 1. The van der Waals surface area contributed by atoms with Gasteiger partial charge in [0, 0.05) is 57.5 Å². The lowest BCUT2D eigenvalue weighted by atomic mass is 9.71. The molecule has 7 rings (SSSR count). The van der Waals surface area contributed by atoms with Crippen LogP contribution in [0.3, 0.4) is 0 Å². The van der Waals surface area contributed by atoms with Gasteiger partial charge in [0.15, 0.2) is 18.4 Å². The number of aliphatic hydroxyl groups is 3. The summed E-state index contributed by atoms with van der Waals surface area (Å²) >= 11 is 1.65. The summed E-state index contributed by atoms with van der Waals surface area (Å²) in [6, 6.07) is 0. The van der Waals surface area contributed by atoms with Crippen molar-refractivity contribution >= 4 is 17.7 Å². The number of rotatable bonds is 11. The minimum absolute atomic E-state index is 0.0336. The summed E-state index contributed by atoms with van der Waals surface area (Å²) in [5.41, 5.74) is 0.148. The molecule has 0 aromatic heterocycles. The highest BCUT2D eigenvalue weighted by molar-refractivity contribution is 8.00. The van der Waals surface area contributed by atoms with Gasteiger partial charge in [-0.25, -0.2) is 0 Å². The van der Waals surface area contributed by atoms with Gasteiger partial charge >= 0.3 is 5.97 Å². The summed E-state index contributed by atoms with van der Waals surface area (Å²) < 4.78 is 64.9. The summed E-state index contributed by atoms with van der Waals surface area (Å²) in [6.07, 6.45) is 9.89. The van der Waals surface area contributed by atoms with Gasteiger partial charge in [-0.05, 0) is 69.8 Å². The zero-order valence-electron chi connectivity index (χ0n) is 40.9. The largest absolute Gasteiger partial charge is 0.462 e. The van der Waals surface area contributed by atoms with Crippen molar-refractivity contribution < 1.29 is 67.5 Å². The summed E-state index contributed by atoms with van der Waals surface area (Å²) in [5, 5.41) is 33.8. The van der Waals surface area contributed by atoms with Crippen molar-refractivity contribution in [1.29, 1.82) is 0 Å². The van der Waals surface area contributed by atoms with Gasteiger partial charge in [-0.3, -0.25) is 4.79 Å². The van der Waals surface area contributed by atoms with E-state index in [4.69, 9.17) is 47.4 Å². The average Bonchev–Trinajstić information content (AvgIpc) is 3.62. The fraction of sp³-hybridized carbons (Fsp3) is 0.784. The van der Waals surface area contributed by atoms with E-state index >= 15 is 0 Å². The Hall–Kier alpha value is -1.96. The van der Waals surface area contributed by atoms with E-state index in [-0.39, 0.29) is 60.1 Å².